The molecule has 56 heavy (non-hydrogen) atoms. The van der Waals surface area contributed by atoms with E-state index in [0.717, 1.165) is 23.3 Å². The number of fused-ring (bicyclic) bond motifs is 2. The van der Waals surface area contributed by atoms with Gasteiger partial charge in [-0.05, 0) is 69.8 Å². The zero-order chi connectivity index (χ0) is 39.8. The van der Waals surface area contributed by atoms with Crippen LogP contribution in [0.1, 0.15) is 92.4 Å². The molecule has 0 amide bonds. The summed E-state index contributed by atoms with van der Waals surface area (Å²) in [6.45, 7) is 10.2. The number of rotatable bonds is 5. The summed E-state index contributed by atoms with van der Waals surface area (Å²) in [5.74, 6) is -1.05. The number of Topliss-reactive ketones (excluding diaryl/α,β-unsaturated/α-hetero) is 1. The first-order valence-electron chi connectivity index (χ1n) is 20.6. The highest BCUT2D eigenvalue weighted by molar-refractivity contribution is 5.80. The predicted molar refractivity (Wildman–Crippen MR) is 206 cm³/mol. The van der Waals surface area contributed by atoms with Gasteiger partial charge in [0, 0.05) is 51.6 Å². The van der Waals surface area contributed by atoms with Gasteiger partial charge in [-0.3, -0.25) is 4.79 Å². The van der Waals surface area contributed by atoms with Crippen LogP contribution in [0, 0.1) is 11.8 Å². The SMILES string of the molecule is CC/C(C)=C1\CC=C[C@]2(C[C@@H]3C[C@@H](C/C=C(\C)[C@@H](C4C[C@H](OC)[C@@H](OC5CCC(=O)CO5)[C@H](C)O4)C/C=C/C=C4\CO[C@@H]5[C@H](O)C(C)=C[C@@H](C(O)O3)[C@]45O)O2)O1. The molecule has 4 fully saturated rings. The maximum Gasteiger partial charge on any atom is 0.232 e. The number of aliphatic hydroxyl groups excluding tert-OH is 2. The van der Waals surface area contributed by atoms with E-state index in [9.17, 15) is 20.1 Å². The van der Waals surface area contributed by atoms with Crippen molar-refractivity contribution in [1.82, 2.24) is 0 Å². The van der Waals surface area contributed by atoms with Crippen molar-refractivity contribution in [1.29, 1.82) is 0 Å². The minimum Gasteiger partial charge on any atom is -0.463 e. The third-order valence-electron chi connectivity index (χ3n) is 13.0. The molecule has 0 aromatic rings. The van der Waals surface area contributed by atoms with Gasteiger partial charge in [0.15, 0.2) is 18.4 Å². The lowest BCUT2D eigenvalue weighted by Gasteiger charge is -2.47. The van der Waals surface area contributed by atoms with Gasteiger partial charge >= 0.3 is 0 Å². The summed E-state index contributed by atoms with van der Waals surface area (Å²) in [6, 6.07) is 0. The number of ether oxygens (including phenoxy) is 8. The van der Waals surface area contributed by atoms with Gasteiger partial charge < -0.3 is 53.2 Å². The molecule has 3 unspecified atom stereocenters. The summed E-state index contributed by atoms with van der Waals surface area (Å²) in [4.78, 5) is 11.8. The second-order valence-electron chi connectivity index (χ2n) is 16.8. The molecule has 0 radical (unpaired) electrons. The topological polar surface area (TPSA) is 152 Å². The number of hydrogen-bond acceptors (Lipinski definition) is 12. The standard InChI is InChI=1S/C44H62O12/c1-7-25(2)35-13-10-18-43(56-35)22-32-20-31(55-43)16-14-26(3)33(36-21-37(49-6)40(28(5)52-36)54-38-17-15-30(45)24-50-38)12-9-8-11-29-23-51-41-39(46)27(4)19-34(42(47)53-32)44(29,41)48/h8-11,14,18-19,28,31-34,36-42,46-48H,7,12-13,15-17,20-24H2,1-6H3/b9-8+,26-14+,29-11+,35-25+/t28-,31+,32-,33-,34-,36?,37-,38?,39+,40-,41+,42?,43+,44+/m0/s1. The number of ketones is 1. The molecular formula is C44H62O12. The lowest BCUT2D eigenvalue weighted by molar-refractivity contribution is -0.284. The lowest BCUT2D eigenvalue weighted by Crippen LogP contribution is -2.59. The summed E-state index contributed by atoms with van der Waals surface area (Å²) >= 11 is 0. The van der Waals surface area contributed by atoms with E-state index >= 15 is 0 Å². The Labute approximate surface area is 331 Å². The Bertz CT molecular complexity index is 1620. The number of methoxy groups -OCH3 is 1. The van der Waals surface area contributed by atoms with Crippen molar-refractivity contribution in [3.63, 3.8) is 0 Å². The van der Waals surface area contributed by atoms with E-state index in [4.69, 9.17) is 37.9 Å². The fourth-order valence-corrected chi connectivity index (χ4v) is 9.61. The molecule has 4 saturated heterocycles. The molecule has 0 aromatic heterocycles. The van der Waals surface area contributed by atoms with Crippen LogP contribution in [-0.2, 0) is 42.7 Å². The van der Waals surface area contributed by atoms with Crippen molar-refractivity contribution in [3.8, 4) is 0 Å². The molecule has 6 heterocycles. The lowest BCUT2D eigenvalue weighted by atomic mass is 9.70. The molecule has 0 saturated carbocycles. The molecule has 1 spiro atoms. The molecule has 1 aliphatic carbocycles. The zero-order valence-electron chi connectivity index (χ0n) is 33.8. The first kappa shape index (κ1) is 41.7. The summed E-state index contributed by atoms with van der Waals surface area (Å²) in [5.41, 5.74) is 1.75. The van der Waals surface area contributed by atoms with Crippen molar-refractivity contribution >= 4 is 5.78 Å². The van der Waals surface area contributed by atoms with Crippen LogP contribution in [0.5, 0.6) is 0 Å². The maximum atomic E-state index is 12.5. The summed E-state index contributed by atoms with van der Waals surface area (Å²) < 4.78 is 51.0. The summed E-state index contributed by atoms with van der Waals surface area (Å²) in [5, 5.41) is 35.5. The first-order valence-corrected chi connectivity index (χ1v) is 20.6. The number of hydrogen-bond donors (Lipinski definition) is 3. The van der Waals surface area contributed by atoms with Crippen LogP contribution in [0.4, 0.5) is 0 Å². The normalized spacial score (nSPS) is 46.8. The Morgan fingerprint density at radius 2 is 1.86 bits per heavy atom. The number of carbonyl (C=O) groups excluding carboxylic acids is 1. The fraction of sp³-hybridized carbons (Fsp3) is 0.705. The number of aliphatic hydroxyl groups is 3. The highest BCUT2D eigenvalue weighted by Crippen LogP contribution is 2.48. The van der Waals surface area contributed by atoms with E-state index in [1.165, 1.54) is 0 Å². The monoisotopic (exact) mass is 782 g/mol. The minimum atomic E-state index is -1.70. The van der Waals surface area contributed by atoms with Crippen molar-refractivity contribution in [2.75, 3.05) is 20.3 Å². The van der Waals surface area contributed by atoms with E-state index in [1.807, 2.05) is 25.2 Å². The largest absolute Gasteiger partial charge is 0.463 e. The molecule has 14 atom stereocenters. The van der Waals surface area contributed by atoms with Crippen LogP contribution >= 0.6 is 0 Å². The molecule has 6 aliphatic heterocycles. The Balaban J connectivity index is 1.21. The van der Waals surface area contributed by atoms with E-state index in [2.05, 4.69) is 39.0 Å². The van der Waals surface area contributed by atoms with Gasteiger partial charge in [-0.1, -0.05) is 49.0 Å². The van der Waals surface area contributed by atoms with E-state index in [1.54, 1.807) is 20.1 Å². The molecule has 7 aliphatic rings. The first-order chi connectivity index (χ1) is 26.8. The van der Waals surface area contributed by atoms with Crippen LogP contribution < -0.4 is 0 Å². The van der Waals surface area contributed by atoms with Gasteiger partial charge in [-0.2, -0.15) is 0 Å². The average Bonchev–Trinajstić information content (AvgIpc) is 3.52. The van der Waals surface area contributed by atoms with Gasteiger partial charge in [0.1, 0.15) is 36.3 Å². The molecule has 2 bridgehead atoms. The van der Waals surface area contributed by atoms with Gasteiger partial charge in [0.25, 0.3) is 0 Å². The van der Waals surface area contributed by atoms with E-state index < -0.39 is 48.2 Å². The molecular weight excluding hydrogens is 720 g/mol. The van der Waals surface area contributed by atoms with Gasteiger partial charge in [0.05, 0.1) is 43.0 Å². The Morgan fingerprint density at radius 3 is 2.61 bits per heavy atom. The maximum absolute atomic E-state index is 12.5. The van der Waals surface area contributed by atoms with Crippen LogP contribution in [0.15, 0.2) is 70.6 Å². The van der Waals surface area contributed by atoms with E-state index in [0.29, 0.717) is 62.5 Å². The molecule has 310 valence electrons. The number of carbonyl (C=O) groups is 1. The van der Waals surface area contributed by atoms with E-state index in [-0.39, 0.29) is 55.4 Å². The third kappa shape index (κ3) is 8.48. The molecule has 0 aromatic carbocycles. The summed E-state index contributed by atoms with van der Waals surface area (Å²) in [7, 11) is 1.69. The quantitative estimate of drug-likeness (QED) is 0.306. The van der Waals surface area contributed by atoms with Crippen molar-refractivity contribution in [3.05, 3.63) is 70.6 Å². The molecule has 3 N–H and O–H groups in total. The second kappa shape index (κ2) is 17.4. The highest BCUT2D eigenvalue weighted by atomic mass is 16.7. The third-order valence-corrected chi connectivity index (χ3v) is 13.0. The number of allylic oxidation sites excluding steroid dienone is 5. The van der Waals surface area contributed by atoms with Crippen LogP contribution in [0.2, 0.25) is 0 Å². The highest BCUT2D eigenvalue weighted by Gasteiger charge is 2.59. The predicted octanol–water partition coefficient (Wildman–Crippen LogP) is 5.41. The average molecular weight is 783 g/mol. The molecule has 12 heteroatoms. The fourth-order valence-electron chi connectivity index (χ4n) is 9.61. The van der Waals surface area contributed by atoms with Crippen molar-refractivity contribution in [2.45, 2.75) is 165 Å². The van der Waals surface area contributed by atoms with Crippen LogP contribution in [0.3, 0.4) is 0 Å². The smallest absolute Gasteiger partial charge is 0.232 e. The Hall–Kier alpha value is -2.49. The Morgan fingerprint density at radius 1 is 1.04 bits per heavy atom. The van der Waals surface area contributed by atoms with Gasteiger partial charge in [0.2, 0.25) is 5.79 Å². The van der Waals surface area contributed by atoms with Gasteiger partial charge in [-0.25, -0.2) is 0 Å². The van der Waals surface area contributed by atoms with Gasteiger partial charge in [-0.15, -0.1) is 0 Å². The Kier molecular flexibility index (Phi) is 12.9. The molecule has 7 rings (SSSR count). The van der Waals surface area contributed by atoms with Crippen LogP contribution in [0.25, 0.3) is 0 Å². The minimum absolute atomic E-state index is 0.0355. The zero-order valence-corrected chi connectivity index (χ0v) is 33.8. The van der Waals surface area contributed by atoms with Crippen molar-refractivity contribution in [2.24, 2.45) is 11.8 Å². The summed E-state index contributed by atoms with van der Waals surface area (Å²) in [6.07, 6.45) is 13.2. The van der Waals surface area contributed by atoms with Crippen LogP contribution in [-0.4, -0.2) is 114 Å². The second-order valence-corrected chi connectivity index (χ2v) is 16.8. The molecule has 12 nitrogen and oxygen atoms in total. The van der Waals surface area contributed by atoms with Crippen molar-refractivity contribution < 1.29 is 58.0 Å².